The highest BCUT2D eigenvalue weighted by molar-refractivity contribution is 5.17. The predicted molar refractivity (Wildman–Crippen MR) is 65.9 cm³/mol. The summed E-state index contributed by atoms with van der Waals surface area (Å²) in [6.07, 6.45) is 3.66. The number of hydrogen-bond acceptors (Lipinski definition) is 2. The van der Waals surface area contributed by atoms with E-state index in [0.29, 0.717) is 6.04 Å². The van der Waals surface area contributed by atoms with E-state index in [1.165, 1.54) is 11.1 Å². The number of hydrogen-bond donors (Lipinski definition) is 1. The Bertz CT molecular complexity index is 411. The van der Waals surface area contributed by atoms with Crippen LogP contribution >= 0.6 is 0 Å². The molecule has 16 heavy (non-hydrogen) atoms. The quantitative estimate of drug-likeness (QED) is 0.842. The van der Waals surface area contributed by atoms with Crippen LogP contribution in [0.3, 0.4) is 0 Å². The lowest BCUT2D eigenvalue weighted by Gasteiger charge is -2.13. The number of pyridine rings is 1. The first-order valence-electron chi connectivity index (χ1n) is 5.53. The zero-order chi connectivity index (χ0) is 11.2. The van der Waals surface area contributed by atoms with E-state index in [1.54, 1.807) is 0 Å². The van der Waals surface area contributed by atoms with Crippen molar-refractivity contribution in [3.05, 3.63) is 66.0 Å². The standard InChI is InChI=1S/C14H16N2/c1-12(14-7-9-15-10-8-14)16-11-13-5-3-2-4-6-13/h2-10,12,16H,11H2,1H3/t12-/m1/s1. The maximum Gasteiger partial charge on any atom is 0.0296 e. The van der Waals surface area contributed by atoms with E-state index in [-0.39, 0.29) is 0 Å². The van der Waals surface area contributed by atoms with Gasteiger partial charge in [0.15, 0.2) is 0 Å². The minimum Gasteiger partial charge on any atom is -0.306 e. The van der Waals surface area contributed by atoms with Crippen molar-refractivity contribution in [1.82, 2.24) is 10.3 Å². The maximum absolute atomic E-state index is 4.02. The molecule has 1 heterocycles. The van der Waals surface area contributed by atoms with Crippen molar-refractivity contribution >= 4 is 0 Å². The van der Waals surface area contributed by atoms with Crippen LogP contribution in [-0.2, 0) is 6.54 Å². The van der Waals surface area contributed by atoms with Crippen LogP contribution in [0.25, 0.3) is 0 Å². The molecule has 0 amide bonds. The Balaban J connectivity index is 1.92. The van der Waals surface area contributed by atoms with Gasteiger partial charge in [-0.05, 0) is 30.2 Å². The van der Waals surface area contributed by atoms with E-state index < -0.39 is 0 Å². The summed E-state index contributed by atoms with van der Waals surface area (Å²) in [5.41, 5.74) is 2.58. The first kappa shape index (κ1) is 10.8. The van der Waals surface area contributed by atoms with Crippen molar-refractivity contribution in [2.45, 2.75) is 19.5 Å². The molecule has 2 heteroatoms. The lowest BCUT2D eigenvalue weighted by molar-refractivity contribution is 0.574. The third kappa shape index (κ3) is 2.91. The van der Waals surface area contributed by atoms with Crippen molar-refractivity contribution in [3.8, 4) is 0 Å². The van der Waals surface area contributed by atoms with Crippen LogP contribution < -0.4 is 5.32 Å². The Morgan fingerprint density at radius 3 is 2.44 bits per heavy atom. The number of benzene rings is 1. The Morgan fingerprint density at radius 1 is 1.06 bits per heavy atom. The molecule has 0 spiro atoms. The lowest BCUT2D eigenvalue weighted by atomic mass is 10.1. The molecule has 1 atom stereocenters. The van der Waals surface area contributed by atoms with Crippen LogP contribution in [0.15, 0.2) is 54.9 Å². The molecule has 0 aliphatic carbocycles. The van der Waals surface area contributed by atoms with E-state index in [0.717, 1.165) is 6.54 Å². The van der Waals surface area contributed by atoms with Crippen LogP contribution in [0, 0.1) is 0 Å². The highest BCUT2D eigenvalue weighted by Gasteiger charge is 2.03. The molecule has 2 rings (SSSR count). The molecule has 2 nitrogen and oxygen atoms in total. The first-order chi connectivity index (χ1) is 7.86. The molecule has 0 fully saturated rings. The fourth-order valence-corrected chi connectivity index (χ4v) is 1.64. The summed E-state index contributed by atoms with van der Waals surface area (Å²) in [6, 6.07) is 14.9. The molecule has 0 bridgehead atoms. The number of nitrogens with one attached hydrogen (secondary N) is 1. The van der Waals surface area contributed by atoms with Gasteiger partial charge in [0.25, 0.3) is 0 Å². The normalized spacial score (nSPS) is 12.3. The van der Waals surface area contributed by atoms with Gasteiger partial charge in [0, 0.05) is 25.0 Å². The van der Waals surface area contributed by atoms with Gasteiger partial charge in [-0.25, -0.2) is 0 Å². The second kappa shape index (κ2) is 5.42. The van der Waals surface area contributed by atoms with Crippen molar-refractivity contribution in [2.24, 2.45) is 0 Å². The number of rotatable bonds is 4. The van der Waals surface area contributed by atoms with Crippen LogP contribution in [0.1, 0.15) is 24.1 Å². The van der Waals surface area contributed by atoms with Gasteiger partial charge < -0.3 is 5.32 Å². The Morgan fingerprint density at radius 2 is 1.75 bits per heavy atom. The van der Waals surface area contributed by atoms with Gasteiger partial charge in [-0.3, -0.25) is 4.98 Å². The first-order valence-corrected chi connectivity index (χ1v) is 5.53. The fraction of sp³-hybridized carbons (Fsp3) is 0.214. The van der Waals surface area contributed by atoms with Gasteiger partial charge in [0.05, 0.1) is 0 Å². The van der Waals surface area contributed by atoms with Crippen molar-refractivity contribution in [1.29, 1.82) is 0 Å². The summed E-state index contributed by atoms with van der Waals surface area (Å²) in [5, 5.41) is 3.49. The highest BCUT2D eigenvalue weighted by atomic mass is 14.9. The molecular formula is C14H16N2. The molecule has 0 saturated carbocycles. The van der Waals surface area contributed by atoms with E-state index >= 15 is 0 Å². The lowest BCUT2D eigenvalue weighted by Crippen LogP contribution is -2.17. The highest BCUT2D eigenvalue weighted by Crippen LogP contribution is 2.11. The average Bonchev–Trinajstić information content (AvgIpc) is 2.38. The Labute approximate surface area is 96.4 Å². The summed E-state index contributed by atoms with van der Waals surface area (Å²) in [6.45, 7) is 3.06. The van der Waals surface area contributed by atoms with E-state index in [1.807, 2.05) is 30.6 Å². The Kier molecular flexibility index (Phi) is 3.67. The molecular weight excluding hydrogens is 196 g/mol. The largest absolute Gasteiger partial charge is 0.306 e. The minimum absolute atomic E-state index is 0.350. The van der Waals surface area contributed by atoms with Gasteiger partial charge >= 0.3 is 0 Å². The minimum atomic E-state index is 0.350. The number of aromatic nitrogens is 1. The summed E-state index contributed by atoms with van der Waals surface area (Å²) in [7, 11) is 0. The zero-order valence-electron chi connectivity index (χ0n) is 9.43. The molecule has 0 aliphatic heterocycles. The third-order valence-corrected chi connectivity index (χ3v) is 2.66. The summed E-state index contributed by atoms with van der Waals surface area (Å²) >= 11 is 0. The Hall–Kier alpha value is -1.67. The molecule has 82 valence electrons. The molecule has 0 saturated heterocycles. The fourth-order valence-electron chi connectivity index (χ4n) is 1.64. The maximum atomic E-state index is 4.02. The SMILES string of the molecule is C[C@@H](NCc1ccccc1)c1ccncc1. The predicted octanol–water partition coefficient (Wildman–Crippen LogP) is 2.93. The van der Waals surface area contributed by atoms with E-state index in [9.17, 15) is 0 Å². The van der Waals surface area contributed by atoms with Crippen LogP contribution in [0.4, 0.5) is 0 Å². The molecule has 1 N–H and O–H groups in total. The average molecular weight is 212 g/mol. The van der Waals surface area contributed by atoms with E-state index in [4.69, 9.17) is 0 Å². The molecule has 0 radical (unpaired) electrons. The third-order valence-electron chi connectivity index (χ3n) is 2.66. The van der Waals surface area contributed by atoms with Gasteiger partial charge in [-0.1, -0.05) is 30.3 Å². The molecule has 0 aliphatic rings. The molecule has 2 aromatic rings. The second-order valence-corrected chi connectivity index (χ2v) is 3.87. The van der Waals surface area contributed by atoms with Crippen LogP contribution in [0.2, 0.25) is 0 Å². The summed E-state index contributed by atoms with van der Waals surface area (Å²) in [5.74, 6) is 0. The summed E-state index contributed by atoms with van der Waals surface area (Å²) in [4.78, 5) is 4.02. The number of nitrogens with zero attached hydrogens (tertiary/aromatic N) is 1. The van der Waals surface area contributed by atoms with Crippen LogP contribution in [0.5, 0.6) is 0 Å². The van der Waals surface area contributed by atoms with Crippen molar-refractivity contribution in [3.63, 3.8) is 0 Å². The van der Waals surface area contributed by atoms with Crippen molar-refractivity contribution < 1.29 is 0 Å². The molecule has 0 unspecified atom stereocenters. The smallest absolute Gasteiger partial charge is 0.0296 e. The molecule has 1 aromatic heterocycles. The van der Waals surface area contributed by atoms with Crippen LogP contribution in [-0.4, -0.2) is 4.98 Å². The van der Waals surface area contributed by atoms with Gasteiger partial charge in [-0.15, -0.1) is 0 Å². The topological polar surface area (TPSA) is 24.9 Å². The van der Waals surface area contributed by atoms with Crippen molar-refractivity contribution in [2.75, 3.05) is 0 Å². The zero-order valence-corrected chi connectivity index (χ0v) is 9.43. The summed E-state index contributed by atoms with van der Waals surface area (Å²) < 4.78 is 0. The monoisotopic (exact) mass is 212 g/mol. The van der Waals surface area contributed by atoms with Gasteiger partial charge in [0.2, 0.25) is 0 Å². The van der Waals surface area contributed by atoms with Gasteiger partial charge in [0.1, 0.15) is 0 Å². The van der Waals surface area contributed by atoms with E-state index in [2.05, 4.69) is 41.5 Å². The second-order valence-electron chi connectivity index (χ2n) is 3.87. The van der Waals surface area contributed by atoms with Gasteiger partial charge in [-0.2, -0.15) is 0 Å². The molecule has 1 aromatic carbocycles.